The van der Waals surface area contributed by atoms with Gasteiger partial charge in [0.25, 0.3) is 5.91 Å². The minimum atomic E-state index is -0.0791. The highest BCUT2D eigenvalue weighted by Gasteiger charge is 2.34. The summed E-state index contributed by atoms with van der Waals surface area (Å²) in [4.78, 5) is 12.1. The number of anilines is 1. The van der Waals surface area contributed by atoms with Crippen LogP contribution in [0.15, 0.2) is 48.5 Å². The maximum absolute atomic E-state index is 12.1. The molecule has 21 heavy (non-hydrogen) atoms. The first-order chi connectivity index (χ1) is 9.65. The van der Waals surface area contributed by atoms with Crippen LogP contribution in [0.2, 0.25) is 0 Å². The first-order valence-corrected chi connectivity index (χ1v) is 6.87. The molecule has 0 aliphatic heterocycles. The van der Waals surface area contributed by atoms with E-state index < -0.39 is 0 Å². The van der Waals surface area contributed by atoms with Crippen LogP contribution in [-0.2, 0) is 0 Å². The van der Waals surface area contributed by atoms with Gasteiger partial charge in [0.05, 0.1) is 0 Å². The zero-order valence-electron chi connectivity index (χ0n) is 11.9. The van der Waals surface area contributed by atoms with Gasteiger partial charge in [-0.15, -0.1) is 12.4 Å². The zero-order chi connectivity index (χ0) is 14.1. The molecule has 2 aromatic rings. The molecule has 0 radical (unpaired) electrons. The number of nitrogens with one attached hydrogen (secondary N) is 1. The van der Waals surface area contributed by atoms with Crippen molar-refractivity contribution in [2.24, 2.45) is 5.73 Å². The van der Waals surface area contributed by atoms with Gasteiger partial charge < -0.3 is 11.1 Å². The van der Waals surface area contributed by atoms with E-state index in [4.69, 9.17) is 5.73 Å². The van der Waals surface area contributed by atoms with Gasteiger partial charge in [0, 0.05) is 23.2 Å². The Bertz CT molecular complexity index is 642. The quantitative estimate of drug-likeness (QED) is 0.912. The van der Waals surface area contributed by atoms with Gasteiger partial charge in [-0.25, -0.2) is 0 Å². The lowest BCUT2D eigenvalue weighted by molar-refractivity contribution is 0.102. The summed E-state index contributed by atoms with van der Waals surface area (Å²) in [6.07, 6.45) is 1.06. The molecule has 0 bridgehead atoms. The third kappa shape index (κ3) is 3.43. The van der Waals surface area contributed by atoms with Crippen molar-refractivity contribution in [3.8, 4) is 0 Å². The number of aryl methyl sites for hydroxylation is 1. The Balaban J connectivity index is 0.00000161. The van der Waals surface area contributed by atoms with E-state index in [1.807, 2.05) is 43.3 Å². The number of carbonyl (C=O) groups is 1. The minimum absolute atomic E-state index is 0. The molecule has 3 rings (SSSR count). The van der Waals surface area contributed by atoms with Crippen LogP contribution in [0.3, 0.4) is 0 Å². The van der Waals surface area contributed by atoms with E-state index in [-0.39, 0.29) is 18.3 Å². The van der Waals surface area contributed by atoms with Crippen molar-refractivity contribution in [2.75, 3.05) is 5.32 Å². The fourth-order valence-electron chi connectivity index (χ4n) is 2.44. The monoisotopic (exact) mass is 302 g/mol. The second-order valence-electron chi connectivity index (χ2n) is 5.40. The molecule has 0 aromatic heterocycles. The largest absolute Gasteiger partial charge is 0.327 e. The number of carbonyl (C=O) groups excluding carboxylic acids is 1. The molecular weight excluding hydrogens is 284 g/mol. The summed E-state index contributed by atoms with van der Waals surface area (Å²) in [5, 5.41) is 2.95. The third-order valence-corrected chi connectivity index (χ3v) is 3.80. The van der Waals surface area contributed by atoms with Crippen LogP contribution in [0.5, 0.6) is 0 Å². The number of benzene rings is 2. The van der Waals surface area contributed by atoms with Crippen LogP contribution >= 0.6 is 12.4 Å². The van der Waals surface area contributed by atoms with Crippen LogP contribution in [-0.4, -0.2) is 11.9 Å². The Morgan fingerprint density at radius 3 is 2.43 bits per heavy atom. The summed E-state index contributed by atoms with van der Waals surface area (Å²) in [7, 11) is 0. The second-order valence-corrected chi connectivity index (χ2v) is 5.40. The van der Waals surface area contributed by atoms with Gasteiger partial charge in [-0.3, -0.25) is 4.79 Å². The molecule has 2 aromatic carbocycles. The highest BCUT2D eigenvalue weighted by Crippen LogP contribution is 2.39. The Labute approximate surface area is 131 Å². The normalized spacial score (nSPS) is 19.5. The van der Waals surface area contributed by atoms with Crippen molar-refractivity contribution in [3.05, 3.63) is 65.2 Å². The van der Waals surface area contributed by atoms with E-state index in [0.717, 1.165) is 17.7 Å². The van der Waals surface area contributed by atoms with E-state index >= 15 is 0 Å². The molecule has 4 heteroatoms. The Morgan fingerprint density at radius 1 is 1.19 bits per heavy atom. The van der Waals surface area contributed by atoms with Crippen LogP contribution < -0.4 is 11.1 Å². The average Bonchev–Trinajstić information content (AvgIpc) is 3.19. The van der Waals surface area contributed by atoms with Crippen LogP contribution in [0.25, 0.3) is 0 Å². The fraction of sp³-hybridized carbons (Fsp3) is 0.235. The second kappa shape index (κ2) is 6.29. The molecule has 2 atom stereocenters. The molecule has 0 spiro atoms. The van der Waals surface area contributed by atoms with E-state index in [9.17, 15) is 4.79 Å². The van der Waals surface area contributed by atoms with Gasteiger partial charge in [-0.1, -0.05) is 30.3 Å². The molecule has 1 aliphatic rings. The number of rotatable bonds is 3. The topological polar surface area (TPSA) is 55.1 Å². The number of amides is 1. The number of nitrogens with two attached hydrogens (primary N) is 1. The summed E-state index contributed by atoms with van der Waals surface area (Å²) in [6.45, 7) is 2.01. The fourth-order valence-corrected chi connectivity index (χ4v) is 2.44. The molecule has 1 amide bonds. The SMILES string of the molecule is Cc1cc([C@@H]2C[C@H]2N)ccc1NC(=O)c1ccccc1.Cl. The Kier molecular flexibility index (Phi) is 4.66. The molecule has 0 unspecified atom stereocenters. The van der Waals surface area contributed by atoms with Gasteiger partial charge in [-0.2, -0.15) is 0 Å². The van der Waals surface area contributed by atoms with E-state index in [2.05, 4.69) is 17.4 Å². The smallest absolute Gasteiger partial charge is 0.255 e. The summed E-state index contributed by atoms with van der Waals surface area (Å²) in [6, 6.07) is 15.7. The van der Waals surface area contributed by atoms with Crippen molar-refractivity contribution in [1.29, 1.82) is 0 Å². The summed E-state index contributed by atoms with van der Waals surface area (Å²) < 4.78 is 0. The maximum Gasteiger partial charge on any atom is 0.255 e. The van der Waals surface area contributed by atoms with Gasteiger partial charge in [0.15, 0.2) is 0 Å². The molecule has 0 saturated heterocycles. The number of hydrogen-bond donors (Lipinski definition) is 2. The molecular formula is C17H19ClN2O. The first-order valence-electron chi connectivity index (χ1n) is 6.87. The van der Waals surface area contributed by atoms with Gasteiger partial charge in [0.2, 0.25) is 0 Å². The van der Waals surface area contributed by atoms with E-state index in [1.165, 1.54) is 5.56 Å². The summed E-state index contributed by atoms with van der Waals surface area (Å²) in [5.41, 5.74) is 9.74. The molecule has 1 aliphatic carbocycles. The van der Waals surface area contributed by atoms with Gasteiger partial charge >= 0.3 is 0 Å². The predicted molar refractivity (Wildman–Crippen MR) is 88.2 cm³/mol. The van der Waals surface area contributed by atoms with Crippen molar-refractivity contribution < 1.29 is 4.79 Å². The standard InChI is InChI=1S/C17H18N2O.ClH/c1-11-9-13(14-10-15(14)18)7-8-16(11)19-17(20)12-5-3-2-4-6-12;/h2-9,14-15H,10,18H2,1H3,(H,19,20);1H/t14-,15+;/m0./s1. The highest BCUT2D eigenvalue weighted by molar-refractivity contribution is 6.04. The predicted octanol–water partition coefficient (Wildman–Crippen LogP) is 3.48. The third-order valence-electron chi connectivity index (χ3n) is 3.80. The lowest BCUT2D eigenvalue weighted by Gasteiger charge is -2.10. The van der Waals surface area contributed by atoms with E-state index in [0.29, 0.717) is 17.5 Å². The van der Waals surface area contributed by atoms with E-state index in [1.54, 1.807) is 0 Å². The minimum Gasteiger partial charge on any atom is -0.327 e. The average molecular weight is 303 g/mol. The van der Waals surface area contributed by atoms with Crippen LogP contribution in [0, 0.1) is 6.92 Å². The molecule has 3 nitrogen and oxygen atoms in total. The highest BCUT2D eigenvalue weighted by atomic mass is 35.5. The lowest BCUT2D eigenvalue weighted by atomic mass is 10.1. The molecule has 3 N–H and O–H groups in total. The first kappa shape index (κ1) is 15.5. The number of halogens is 1. The van der Waals surface area contributed by atoms with Crippen molar-refractivity contribution in [1.82, 2.24) is 0 Å². The van der Waals surface area contributed by atoms with Crippen LogP contribution in [0.4, 0.5) is 5.69 Å². The molecule has 0 heterocycles. The summed E-state index contributed by atoms with van der Waals surface area (Å²) in [5.74, 6) is 0.414. The van der Waals surface area contributed by atoms with Crippen molar-refractivity contribution in [3.63, 3.8) is 0 Å². The Hall–Kier alpha value is -1.84. The molecule has 110 valence electrons. The number of hydrogen-bond acceptors (Lipinski definition) is 2. The van der Waals surface area contributed by atoms with Gasteiger partial charge in [0.1, 0.15) is 0 Å². The Morgan fingerprint density at radius 2 is 1.86 bits per heavy atom. The van der Waals surface area contributed by atoms with Gasteiger partial charge in [-0.05, 0) is 42.7 Å². The summed E-state index contributed by atoms with van der Waals surface area (Å²) >= 11 is 0. The maximum atomic E-state index is 12.1. The van der Waals surface area contributed by atoms with Crippen molar-refractivity contribution >= 4 is 24.0 Å². The molecule has 1 fully saturated rings. The molecule has 1 saturated carbocycles. The lowest BCUT2D eigenvalue weighted by Crippen LogP contribution is -2.12. The zero-order valence-corrected chi connectivity index (χ0v) is 12.7. The van der Waals surface area contributed by atoms with Crippen LogP contribution in [0.1, 0.15) is 33.8 Å². The van der Waals surface area contributed by atoms with Crippen molar-refractivity contribution in [2.45, 2.75) is 25.3 Å².